The topological polar surface area (TPSA) is 82.1 Å². The summed E-state index contributed by atoms with van der Waals surface area (Å²) in [5.74, 6) is -1.30. The van der Waals surface area contributed by atoms with Gasteiger partial charge in [-0.1, -0.05) is 6.92 Å². The van der Waals surface area contributed by atoms with Gasteiger partial charge in [0.1, 0.15) is 5.60 Å². The van der Waals surface area contributed by atoms with Crippen molar-refractivity contribution in [2.75, 3.05) is 6.61 Å². The molecule has 2 saturated heterocycles. The molecule has 0 aromatic carbocycles. The minimum Gasteiger partial charge on any atom is -0.466 e. The van der Waals surface area contributed by atoms with Gasteiger partial charge in [0.05, 0.1) is 25.2 Å². The van der Waals surface area contributed by atoms with Gasteiger partial charge in [-0.2, -0.15) is 0 Å². The van der Waals surface area contributed by atoms with Crippen LogP contribution < -0.4 is 0 Å². The van der Waals surface area contributed by atoms with E-state index in [1.165, 1.54) is 12.2 Å². The van der Waals surface area contributed by atoms with Crippen LogP contribution in [-0.4, -0.2) is 47.1 Å². The van der Waals surface area contributed by atoms with Crippen LogP contribution in [0.25, 0.3) is 0 Å². The van der Waals surface area contributed by atoms with Crippen molar-refractivity contribution in [1.82, 2.24) is 0 Å². The van der Waals surface area contributed by atoms with Crippen LogP contribution >= 0.6 is 0 Å². The lowest BCUT2D eigenvalue weighted by atomic mass is 9.92. The summed E-state index contributed by atoms with van der Waals surface area (Å²) in [5.41, 5.74) is -0.655. The molecule has 0 bridgehead atoms. The third-order valence-corrected chi connectivity index (χ3v) is 4.66. The third kappa shape index (κ3) is 3.77. The monoisotopic (exact) mass is 336 g/mol. The number of esters is 1. The molecule has 2 heterocycles. The predicted molar refractivity (Wildman–Crippen MR) is 85.0 cm³/mol. The second kappa shape index (κ2) is 6.78. The zero-order chi connectivity index (χ0) is 17.2. The Balaban J connectivity index is 1.65. The van der Waals surface area contributed by atoms with E-state index >= 15 is 0 Å². The number of aliphatic hydroxyl groups is 1. The maximum atomic E-state index is 11.8. The quantitative estimate of drug-likeness (QED) is 0.789. The fourth-order valence-electron chi connectivity index (χ4n) is 3.58. The van der Waals surface area contributed by atoms with E-state index in [9.17, 15) is 14.7 Å². The van der Waals surface area contributed by atoms with E-state index < -0.39 is 23.6 Å². The van der Waals surface area contributed by atoms with Gasteiger partial charge in [-0.05, 0) is 37.1 Å². The highest BCUT2D eigenvalue weighted by Crippen LogP contribution is 2.47. The fourth-order valence-corrected chi connectivity index (χ4v) is 3.58. The Morgan fingerprint density at radius 2 is 2.12 bits per heavy atom. The van der Waals surface area contributed by atoms with Gasteiger partial charge in [-0.15, -0.1) is 0 Å². The second-order valence-electron chi connectivity index (χ2n) is 6.79. The van der Waals surface area contributed by atoms with E-state index in [4.69, 9.17) is 14.2 Å². The molecule has 2 aliphatic heterocycles. The summed E-state index contributed by atoms with van der Waals surface area (Å²) >= 11 is 0. The molecule has 0 aromatic heterocycles. The molecule has 6 nitrogen and oxygen atoms in total. The van der Waals surface area contributed by atoms with Crippen molar-refractivity contribution in [3.63, 3.8) is 0 Å². The molecule has 2 spiro atoms. The number of hydrogen-bond acceptors (Lipinski definition) is 6. The van der Waals surface area contributed by atoms with E-state index in [1.54, 1.807) is 12.2 Å². The van der Waals surface area contributed by atoms with Crippen LogP contribution in [0, 0.1) is 0 Å². The van der Waals surface area contributed by atoms with Crippen LogP contribution in [-0.2, 0) is 23.8 Å². The van der Waals surface area contributed by atoms with Crippen LogP contribution in [0.4, 0.5) is 0 Å². The number of ether oxygens (including phenoxy) is 3. The third-order valence-electron chi connectivity index (χ3n) is 4.66. The maximum Gasteiger partial charge on any atom is 0.308 e. The highest BCUT2D eigenvalue weighted by molar-refractivity contribution is 6.00. The summed E-state index contributed by atoms with van der Waals surface area (Å²) in [6.07, 6.45) is 8.40. The zero-order valence-electron chi connectivity index (χ0n) is 13.9. The van der Waals surface area contributed by atoms with Crippen molar-refractivity contribution in [1.29, 1.82) is 0 Å². The molecule has 0 unspecified atom stereocenters. The van der Waals surface area contributed by atoms with E-state index in [0.717, 1.165) is 6.42 Å². The Labute approximate surface area is 141 Å². The minimum absolute atomic E-state index is 0.0636. The highest BCUT2D eigenvalue weighted by atomic mass is 16.7. The molecular weight excluding hydrogens is 312 g/mol. The number of ketones is 1. The molecule has 3 atom stereocenters. The molecular formula is C18H24O6. The van der Waals surface area contributed by atoms with Crippen LogP contribution in [0.5, 0.6) is 0 Å². The zero-order valence-corrected chi connectivity index (χ0v) is 13.9. The Morgan fingerprint density at radius 1 is 1.38 bits per heavy atom. The van der Waals surface area contributed by atoms with E-state index in [2.05, 4.69) is 0 Å². The Hall–Kier alpha value is -1.50. The highest BCUT2D eigenvalue weighted by Gasteiger charge is 2.52. The Kier molecular flexibility index (Phi) is 4.90. The van der Waals surface area contributed by atoms with Crippen molar-refractivity contribution in [3.05, 3.63) is 24.3 Å². The number of hydrogen-bond donors (Lipinski definition) is 1. The smallest absolute Gasteiger partial charge is 0.308 e. The second-order valence-corrected chi connectivity index (χ2v) is 6.79. The van der Waals surface area contributed by atoms with Gasteiger partial charge in [0.25, 0.3) is 0 Å². The molecule has 1 N–H and O–H groups in total. The van der Waals surface area contributed by atoms with Crippen LogP contribution in [0.3, 0.4) is 0 Å². The van der Waals surface area contributed by atoms with Crippen molar-refractivity contribution in [2.24, 2.45) is 0 Å². The normalized spacial score (nSPS) is 34.2. The molecule has 3 aliphatic rings. The van der Waals surface area contributed by atoms with Crippen LogP contribution in [0.2, 0.25) is 0 Å². The lowest BCUT2D eigenvalue weighted by Crippen LogP contribution is -2.48. The first-order valence-electron chi connectivity index (χ1n) is 8.58. The molecule has 0 amide bonds. The molecule has 0 saturated carbocycles. The number of aliphatic hydroxyl groups excluding tert-OH is 1. The van der Waals surface area contributed by atoms with E-state index in [-0.39, 0.29) is 18.2 Å². The summed E-state index contributed by atoms with van der Waals surface area (Å²) in [4.78, 5) is 23.2. The summed E-state index contributed by atoms with van der Waals surface area (Å²) in [7, 11) is 0. The molecule has 2 fully saturated rings. The molecule has 24 heavy (non-hydrogen) atoms. The van der Waals surface area contributed by atoms with Gasteiger partial charge in [0.15, 0.2) is 11.6 Å². The number of allylic oxidation sites excluding steroid dienone is 2. The standard InChI is InChI=1S/C18H24O6/c1-2-9-22-16(21)11-15-10-14(20)12-18(23-15)8-7-17(24-18)5-3-13(19)4-6-17/h3-6,14-15,20H,2,7-12H2,1H3/t14-,15+,18-/m1/s1. The summed E-state index contributed by atoms with van der Waals surface area (Å²) in [6.45, 7) is 2.33. The SMILES string of the molecule is CCCOC(=O)C[C@@H]1C[C@@H](O)C[C@]2(CCC3(C=CC(=O)C=C3)O2)O1. The summed E-state index contributed by atoms with van der Waals surface area (Å²) < 4.78 is 17.3. The van der Waals surface area contributed by atoms with Gasteiger partial charge in [0, 0.05) is 19.3 Å². The van der Waals surface area contributed by atoms with Gasteiger partial charge in [-0.3, -0.25) is 9.59 Å². The molecule has 0 aromatic rings. The van der Waals surface area contributed by atoms with Gasteiger partial charge in [-0.25, -0.2) is 0 Å². The minimum atomic E-state index is -0.914. The summed E-state index contributed by atoms with van der Waals surface area (Å²) in [5, 5.41) is 10.2. The molecule has 3 rings (SSSR count). The average Bonchev–Trinajstić information content (AvgIpc) is 2.85. The summed E-state index contributed by atoms with van der Waals surface area (Å²) in [6, 6.07) is 0. The fraction of sp³-hybridized carbons (Fsp3) is 0.667. The Bertz CT molecular complexity index is 550. The maximum absolute atomic E-state index is 11.8. The van der Waals surface area contributed by atoms with Crippen molar-refractivity contribution >= 4 is 11.8 Å². The van der Waals surface area contributed by atoms with E-state index in [1.807, 2.05) is 6.92 Å². The van der Waals surface area contributed by atoms with Gasteiger partial charge >= 0.3 is 5.97 Å². The Morgan fingerprint density at radius 3 is 2.83 bits per heavy atom. The molecule has 1 aliphatic carbocycles. The molecule has 132 valence electrons. The van der Waals surface area contributed by atoms with Crippen LogP contribution in [0.15, 0.2) is 24.3 Å². The first-order chi connectivity index (χ1) is 11.4. The van der Waals surface area contributed by atoms with E-state index in [0.29, 0.717) is 32.3 Å². The van der Waals surface area contributed by atoms with Gasteiger partial charge in [0.2, 0.25) is 0 Å². The van der Waals surface area contributed by atoms with Crippen molar-refractivity contribution in [2.45, 2.75) is 69.0 Å². The van der Waals surface area contributed by atoms with Crippen molar-refractivity contribution < 1.29 is 28.9 Å². The predicted octanol–water partition coefficient (Wildman–Crippen LogP) is 1.81. The van der Waals surface area contributed by atoms with Gasteiger partial charge < -0.3 is 19.3 Å². The molecule has 0 radical (unpaired) electrons. The number of carbonyl (C=O) groups is 2. The number of carbonyl (C=O) groups excluding carboxylic acids is 2. The lowest BCUT2D eigenvalue weighted by molar-refractivity contribution is -0.291. The first-order valence-corrected chi connectivity index (χ1v) is 8.58. The average molecular weight is 336 g/mol. The van der Waals surface area contributed by atoms with Crippen LogP contribution in [0.1, 0.15) is 45.4 Å². The largest absolute Gasteiger partial charge is 0.466 e. The number of rotatable bonds is 4. The lowest BCUT2D eigenvalue weighted by Gasteiger charge is -2.41. The molecule has 6 heteroatoms. The first kappa shape index (κ1) is 17.3. The van der Waals surface area contributed by atoms with Crippen molar-refractivity contribution in [3.8, 4) is 0 Å².